The maximum absolute atomic E-state index is 12.4. The normalized spacial score (nSPS) is 18.0. The van der Waals surface area contributed by atoms with Gasteiger partial charge in [-0.1, -0.05) is 153 Å². The van der Waals surface area contributed by atoms with E-state index in [9.17, 15) is 5.11 Å². The Kier molecular flexibility index (Phi) is 12.7. The molecule has 6 aromatic carbocycles. The van der Waals surface area contributed by atoms with E-state index in [-0.39, 0.29) is 12.6 Å². The molecule has 9 rings (SSSR count). The van der Waals surface area contributed by atoms with Crippen molar-refractivity contribution in [3.8, 4) is 11.5 Å². The second-order valence-corrected chi connectivity index (χ2v) is 16.4. The molecule has 0 spiro atoms. The number of aliphatic hydroxyl groups is 1. The first-order valence-corrected chi connectivity index (χ1v) is 22.1. The molecular weight excluding hydrogens is 813 g/mol. The Morgan fingerprint density at radius 2 is 1.12 bits per heavy atom. The SMILES string of the molecule is CCC(C)N[C@H]1[C@@H](O)[C@H](n2cnc3c(NC(c4ccccc4)(c4ccccc4)c4ccc(OC)cc4)ncnc32)O[C@@H]1COC(c1ccccc1)(c1ccccc1)c1ccc(OC)cc1. The molecule has 8 aromatic rings. The van der Waals surface area contributed by atoms with Gasteiger partial charge in [0.2, 0.25) is 0 Å². The van der Waals surface area contributed by atoms with E-state index in [1.165, 1.54) is 6.33 Å². The monoisotopic (exact) mass is 866 g/mol. The predicted molar refractivity (Wildman–Crippen MR) is 253 cm³/mol. The molecule has 330 valence electrons. The zero-order valence-electron chi connectivity index (χ0n) is 37.0. The minimum atomic E-state index is -1.04. The molecule has 1 aliphatic heterocycles. The van der Waals surface area contributed by atoms with Crippen LogP contribution in [0.5, 0.6) is 11.5 Å². The van der Waals surface area contributed by atoms with E-state index in [4.69, 9.17) is 33.9 Å². The second kappa shape index (κ2) is 19.1. The molecule has 1 saturated heterocycles. The fourth-order valence-electron chi connectivity index (χ4n) is 9.14. The van der Waals surface area contributed by atoms with Crippen molar-refractivity contribution in [2.45, 2.75) is 61.9 Å². The maximum atomic E-state index is 12.4. The third-order valence-electron chi connectivity index (χ3n) is 12.7. The van der Waals surface area contributed by atoms with E-state index in [2.05, 4.69) is 85.1 Å². The highest BCUT2D eigenvalue weighted by Gasteiger charge is 2.48. The fraction of sp³-hybridized carbons (Fsp3) is 0.241. The lowest BCUT2D eigenvalue weighted by molar-refractivity contribution is -0.0869. The topological polar surface area (TPSA) is 125 Å². The fourth-order valence-corrected chi connectivity index (χ4v) is 9.14. The van der Waals surface area contributed by atoms with Crippen molar-refractivity contribution < 1.29 is 24.1 Å². The van der Waals surface area contributed by atoms with Crippen molar-refractivity contribution in [1.82, 2.24) is 24.8 Å². The summed E-state index contributed by atoms with van der Waals surface area (Å²) in [6.07, 6.45) is 1.59. The van der Waals surface area contributed by atoms with E-state index in [0.717, 1.165) is 51.3 Å². The third-order valence-corrected chi connectivity index (χ3v) is 12.7. The Balaban J connectivity index is 1.11. The molecule has 65 heavy (non-hydrogen) atoms. The highest BCUT2D eigenvalue weighted by atomic mass is 16.6. The van der Waals surface area contributed by atoms with Gasteiger partial charge in [0, 0.05) is 6.04 Å². The van der Waals surface area contributed by atoms with Crippen LogP contribution < -0.4 is 20.1 Å². The number of nitrogens with one attached hydrogen (secondary N) is 2. The highest BCUT2D eigenvalue weighted by molar-refractivity contribution is 5.84. The van der Waals surface area contributed by atoms with Crippen molar-refractivity contribution in [3.63, 3.8) is 0 Å². The molecule has 3 N–H and O–H groups in total. The van der Waals surface area contributed by atoms with E-state index in [1.807, 2.05) is 114 Å². The van der Waals surface area contributed by atoms with Crippen LogP contribution in [0.3, 0.4) is 0 Å². The molecule has 0 aliphatic carbocycles. The summed E-state index contributed by atoms with van der Waals surface area (Å²) >= 11 is 0. The number of hydrogen-bond donors (Lipinski definition) is 3. The number of fused-ring (bicyclic) bond motifs is 1. The smallest absolute Gasteiger partial charge is 0.167 e. The van der Waals surface area contributed by atoms with Gasteiger partial charge in [-0.15, -0.1) is 0 Å². The lowest BCUT2D eigenvalue weighted by Crippen LogP contribution is -2.50. The number of benzene rings is 6. The van der Waals surface area contributed by atoms with Crippen LogP contribution in [-0.2, 0) is 20.6 Å². The number of ether oxygens (including phenoxy) is 4. The number of rotatable bonds is 17. The summed E-state index contributed by atoms with van der Waals surface area (Å²) in [4.78, 5) is 14.5. The second-order valence-electron chi connectivity index (χ2n) is 16.4. The molecular formula is C54H54N6O5. The molecule has 3 heterocycles. The van der Waals surface area contributed by atoms with Crippen molar-refractivity contribution in [1.29, 1.82) is 0 Å². The minimum absolute atomic E-state index is 0.0776. The first-order chi connectivity index (χ1) is 31.9. The molecule has 5 atom stereocenters. The molecule has 1 fully saturated rings. The van der Waals surface area contributed by atoms with Gasteiger partial charge in [-0.3, -0.25) is 4.57 Å². The van der Waals surface area contributed by atoms with Gasteiger partial charge in [0.05, 0.1) is 33.2 Å². The van der Waals surface area contributed by atoms with Gasteiger partial charge < -0.3 is 34.7 Å². The molecule has 1 unspecified atom stereocenters. The quantitative estimate of drug-likeness (QED) is 0.0764. The first kappa shape index (κ1) is 43.4. The average molecular weight is 867 g/mol. The molecule has 0 amide bonds. The van der Waals surface area contributed by atoms with Gasteiger partial charge in [0.15, 0.2) is 23.2 Å². The number of aliphatic hydroxyl groups excluding tert-OH is 1. The van der Waals surface area contributed by atoms with Gasteiger partial charge in [-0.05, 0) is 71.0 Å². The number of nitrogens with zero attached hydrogens (tertiary/aromatic N) is 4. The predicted octanol–water partition coefficient (Wildman–Crippen LogP) is 9.27. The Hall–Kier alpha value is -6.89. The number of aromatic nitrogens is 4. The first-order valence-electron chi connectivity index (χ1n) is 22.1. The molecule has 2 aromatic heterocycles. The average Bonchev–Trinajstić information content (AvgIpc) is 3.94. The Labute approximate surface area is 380 Å². The van der Waals surface area contributed by atoms with E-state index < -0.39 is 35.6 Å². The van der Waals surface area contributed by atoms with E-state index >= 15 is 0 Å². The minimum Gasteiger partial charge on any atom is -0.497 e. The lowest BCUT2D eigenvalue weighted by atomic mass is 9.77. The van der Waals surface area contributed by atoms with Crippen molar-refractivity contribution >= 4 is 17.0 Å². The number of hydrogen-bond acceptors (Lipinski definition) is 10. The Morgan fingerprint density at radius 3 is 1.63 bits per heavy atom. The van der Waals surface area contributed by atoms with Gasteiger partial charge >= 0.3 is 0 Å². The standard InChI is InChI=1S/C54H54N6O5/c1-5-37(2)58-47-46(34-64-54(41-22-14-8-15-23-41,42-24-16-9-17-25-42)43-28-32-45(63-4)33-29-43)65-52(49(47)61)60-36-57-48-50(55-35-56-51(48)60)59-53(38-18-10-6-11-19-38,39-20-12-7-13-21-39)40-26-30-44(62-3)31-27-40/h6-33,35-37,46-47,49,52,58,61H,5,34H2,1-4H3,(H,55,56,59)/t37?,46-,47-,49-,52-/m1/s1. The largest absolute Gasteiger partial charge is 0.497 e. The van der Waals surface area contributed by atoms with Crippen LogP contribution in [0.15, 0.2) is 183 Å². The molecule has 0 bridgehead atoms. The lowest BCUT2D eigenvalue weighted by Gasteiger charge is -2.37. The van der Waals surface area contributed by atoms with Gasteiger partial charge in [-0.25, -0.2) is 15.0 Å². The number of imidazole rings is 1. The van der Waals surface area contributed by atoms with Crippen LogP contribution >= 0.6 is 0 Å². The van der Waals surface area contributed by atoms with Gasteiger partial charge in [0.25, 0.3) is 0 Å². The van der Waals surface area contributed by atoms with E-state index in [1.54, 1.807) is 20.5 Å². The summed E-state index contributed by atoms with van der Waals surface area (Å²) in [5.41, 5.74) is 4.86. The molecule has 0 radical (unpaired) electrons. The van der Waals surface area contributed by atoms with Gasteiger partial charge in [0.1, 0.15) is 41.2 Å². The highest BCUT2D eigenvalue weighted by Crippen LogP contribution is 2.44. The van der Waals surface area contributed by atoms with Gasteiger partial charge in [-0.2, -0.15) is 0 Å². The summed E-state index contributed by atoms with van der Waals surface area (Å²) in [7, 11) is 3.33. The van der Waals surface area contributed by atoms with Crippen molar-refractivity contribution in [2.24, 2.45) is 0 Å². The van der Waals surface area contributed by atoms with Crippen molar-refractivity contribution in [2.75, 3.05) is 26.1 Å². The van der Waals surface area contributed by atoms with Crippen LogP contribution in [0.25, 0.3) is 11.2 Å². The zero-order valence-corrected chi connectivity index (χ0v) is 37.0. The Bertz CT molecular complexity index is 2680. The zero-order chi connectivity index (χ0) is 44.8. The third kappa shape index (κ3) is 8.24. The van der Waals surface area contributed by atoms with E-state index in [0.29, 0.717) is 17.0 Å². The van der Waals surface area contributed by atoms with Crippen LogP contribution in [0.2, 0.25) is 0 Å². The number of anilines is 1. The summed E-state index contributed by atoms with van der Waals surface area (Å²) in [6.45, 7) is 4.36. The summed E-state index contributed by atoms with van der Waals surface area (Å²) in [5.74, 6) is 2.00. The van der Waals surface area contributed by atoms with Crippen LogP contribution in [-0.4, -0.2) is 69.7 Å². The summed E-state index contributed by atoms with van der Waals surface area (Å²) in [5, 5.41) is 20.0. The van der Waals surface area contributed by atoms with Crippen LogP contribution in [0.4, 0.5) is 5.82 Å². The maximum Gasteiger partial charge on any atom is 0.167 e. The molecule has 0 saturated carbocycles. The van der Waals surface area contributed by atoms with Crippen LogP contribution in [0.1, 0.15) is 59.9 Å². The number of methoxy groups -OCH3 is 2. The molecule has 11 nitrogen and oxygen atoms in total. The van der Waals surface area contributed by atoms with Crippen molar-refractivity contribution in [3.05, 3.63) is 216 Å². The van der Waals surface area contributed by atoms with Crippen LogP contribution in [0, 0.1) is 0 Å². The molecule has 1 aliphatic rings. The summed E-state index contributed by atoms with van der Waals surface area (Å²) in [6, 6.07) is 56.6. The molecule has 11 heteroatoms. The summed E-state index contributed by atoms with van der Waals surface area (Å²) < 4.78 is 27.2. The Morgan fingerprint density at radius 1 is 0.646 bits per heavy atom.